The number of aliphatic imine (C=N–C) groups is 1. The fourth-order valence-electron chi connectivity index (χ4n) is 2.87. The highest BCUT2D eigenvalue weighted by atomic mass is 19.4. The molecule has 1 aromatic rings. The molecule has 1 aliphatic rings. The quantitative estimate of drug-likeness (QED) is 0.418. The summed E-state index contributed by atoms with van der Waals surface area (Å²) in [6.45, 7) is 3.74. The largest absolute Gasteiger partial charge is 0.468 e. The number of alkyl halides is 6. The van der Waals surface area contributed by atoms with Crippen LogP contribution in [0, 0.1) is 0 Å². The van der Waals surface area contributed by atoms with Gasteiger partial charge >= 0.3 is 12.4 Å². The van der Waals surface area contributed by atoms with Crippen molar-refractivity contribution in [3.05, 3.63) is 23.9 Å². The van der Waals surface area contributed by atoms with E-state index >= 15 is 0 Å². The molecule has 1 fully saturated rings. The van der Waals surface area contributed by atoms with E-state index in [0.717, 1.165) is 6.92 Å². The standard InChI is InChI=1S/C18H25F6N5O/c1-3-25-16(29-8-6-28(7-9-29)13(2)18(22,23)24)27-11-14-4-5-15(26-10-14)30-12-17(19,20)21/h4-5,10,13H,3,6-9,11-12H2,1-2H3,(H,25,27). The maximum Gasteiger partial charge on any atom is 0.422 e. The molecule has 1 aromatic heterocycles. The van der Waals surface area contributed by atoms with Crippen LogP contribution >= 0.6 is 0 Å². The Labute approximate surface area is 170 Å². The predicted molar refractivity (Wildman–Crippen MR) is 99.3 cm³/mol. The fourth-order valence-corrected chi connectivity index (χ4v) is 2.87. The van der Waals surface area contributed by atoms with Crippen LogP contribution < -0.4 is 10.1 Å². The van der Waals surface area contributed by atoms with Crippen molar-refractivity contribution in [2.45, 2.75) is 38.8 Å². The predicted octanol–water partition coefficient (Wildman–Crippen LogP) is 3.06. The van der Waals surface area contributed by atoms with E-state index in [1.165, 1.54) is 17.2 Å². The van der Waals surface area contributed by atoms with Gasteiger partial charge in [0.15, 0.2) is 12.6 Å². The third-order valence-electron chi connectivity index (χ3n) is 4.56. The van der Waals surface area contributed by atoms with Crippen molar-refractivity contribution in [3.63, 3.8) is 0 Å². The van der Waals surface area contributed by atoms with Gasteiger partial charge in [0.1, 0.15) is 6.04 Å². The van der Waals surface area contributed by atoms with E-state index in [0.29, 0.717) is 31.2 Å². The second-order valence-corrected chi connectivity index (χ2v) is 6.82. The molecule has 0 aromatic carbocycles. The van der Waals surface area contributed by atoms with Crippen molar-refractivity contribution in [2.75, 3.05) is 39.3 Å². The van der Waals surface area contributed by atoms with Gasteiger partial charge in [0, 0.05) is 45.0 Å². The number of hydrogen-bond donors (Lipinski definition) is 1. The number of hydrogen-bond acceptors (Lipinski definition) is 4. The average Bonchev–Trinajstić information content (AvgIpc) is 2.68. The van der Waals surface area contributed by atoms with Gasteiger partial charge in [-0.1, -0.05) is 6.07 Å². The minimum atomic E-state index is -4.44. The maximum absolute atomic E-state index is 12.9. The average molecular weight is 441 g/mol. The first-order valence-corrected chi connectivity index (χ1v) is 9.48. The highest BCUT2D eigenvalue weighted by Gasteiger charge is 2.41. The number of guanidine groups is 1. The molecular formula is C18H25F6N5O. The Balaban J connectivity index is 1.93. The number of nitrogens with zero attached hydrogens (tertiary/aromatic N) is 4. The van der Waals surface area contributed by atoms with E-state index in [9.17, 15) is 26.3 Å². The molecule has 0 aliphatic carbocycles. The number of halogens is 6. The van der Waals surface area contributed by atoms with Gasteiger partial charge in [-0.15, -0.1) is 0 Å². The third-order valence-corrected chi connectivity index (χ3v) is 4.56. The lowest BCUT2D eigenvalue weighted by Gasteiger charge is -2.39. The summed E-state index contributed by atoms with van der Waals surface area (Å²) in [5.74, 6) is 0.427. The summed E-state index contributed by atoms with van der Waals surface area (Å²) in [6.07, 6.45) is -7.32. The van der Waals surface area contributed by atoms with Crippen molar-refractivity contribution in [3.8, 4) is 5.88 Å². The van der Waals surface area contributed by atoms with E-state index < -0.39 is 25.0 Å². The van der Waals surface area contributed by atoms with Crippen LogP contribution in [-0.2, 0) is 6.54 Å². The smallest absolute Gasteiger partial charge is 0.422 e. The SMILES string of the molecule is CCNC(=NCc1ccc(OCC(F)(F)F)nc1)N1CCN(C(C)C(F)(F)F)CC1. The molecule has 1 N–H and O–H groups in total. The summed E-state index contributed by atoms with van der Waals surface area (Å²) >= 11 is 0. The third kappa shape index (κ3) is 7.54. The molecule has 0 radical (unpaired) electrons. The normalized spacial score (nSPS) is 17.7. The summed E-state index contributed by atoms with van der Waals surface area (Å²) < 4.78 is 79.7. The van der Waals surface area contributed by atoms with Crippen LogP contribution in [-0.4, -0.2) is 78.5 Å². The summed E-state index contributed by atoms with van der Waals surface area (Å²) in [4.78, 5) is 11.6. The molecule has 0 spiro atoms. The van der Waals surface area contributed by atoms with Gasteiger partial charge in [0.05, 0.1) is 6.54 Å². The number of aromatic nitrogens is 1. The molecule has 6 nitrogen and oxygen atoms in total. The van der Waals surface area contributed by atoms with Gasteiger partial charge in [0.25, 0.3) is 0 Å². The molecule has 1 atom stereocenters. The fraction of sp³-hybridized carbons (Fsp3) is 0.667. The molecule has 2 rings (SSSR count). The molecule has 1 aliphatic heterocycles. The Kier molecular flexibility index (Phi) is 8.16. The number of ether oxygens (including phenoxy) is 1. The van der Waals surface area contributed by atoms with Crippen molar-refractivity contribution < 1.29 is 31.1 Å². The van der Waals surface area contributed by atoms with Crippen LogP contribution in [0.5, 0.6) is 5.88 Å². The van der Waals surface area contributed by atoms with Gasteiger partial charge in [0.2, 0.25) is 5.88 Å². The molecule has 30 heavy (non-hydrogen) atoms. The second kappa shape index (κ2) is 10.2. The zero-order valence-corrected chi connectivity index (χ0v) is 16.7. The molecule has 0 saturated carbocycles. The van der Waals surface area contributed by atoms with Crippen LogP contribution in [0.15, 0.2) is 23.3 Å². The van der Waals surface area contributed by atoms with Gasteiger partial charge in [-0.05, 0) is 19.4 Å². The van der Waals surface area contributed by atoms with Crippen LogP contribution in [0.25, 0.3) is 0 Å². The Morgan fingerprint density at radius 3 is 2.33 bits per heavy atom. The summed E-state index contributed by atoms with van der Waals surface area (Å²) in [7, 11) is 0. The first-order valence-electron chi connectivity index (χ1n) is 9.48. The van der Waals surface area contributed by atoms with Crippen LogP contribution in [0.4, 0.5) is 26.3 Å². The van der Waals surface area contributed by atoms with Gasteiger partial charge < -0.3 is 15.0 Å². The lowest BCUT2D eigenvalue weighted by atomic mass is 10.2. The van der Waals surface area contributed by atoms with Crippen molar-refractivity contribution >= 4 is 5.96 Å². The molecule has 0 amide bonds. The number of rotatable bonds is 6. The van der Waals surface area contributed by atoms with Crippen LogP contribution in [0.3, 0.4) is 0 Å². The molecule has 12 heteroatoms. The number of piperazine rings is 1. The summed E-state index contributed by atoms with van der Waals surface area (Å²) in [5, 5.41) is 3.11. The lowest BCUT2D eigenvalue weighted by Crippen LogP contribution is -2.56. The molecule has 170 valence electrons. The highest BCUT2D eigenvalue weighted by molar-refractivity contribution is 5.80. The lowest BCUT2D eigenvalue weighted by molar-refractivity contribution is -0.181. The van der Waals surface area contributed by atoms with Crippen molar-refractivity contribution in [1.82, 2.24) is 20.1 Å². The van der Waals surface area contributed by atoms with E-state index in [2.05, 4.69) is 20.0 Å². The second-order valence-electron chi connectivity index (χ2n) is 6.82. The van der Waals surface area contributed by atoms with E-state index in [1.807, 2.05) is 11.8 Å². The monoisotopic (exact) mass is 441 g/mol. The van der Waals surface area contributed by atoms with Gasteiger partial charge in [-0.25, -0.2) is 9.98 Å². The molecule has 0 bridgehead atoms. The summed E-state index contributed by atoms with van der Waals surface area (Å²) in [5.41, 5.74) is 0.661. The van der Waals surface area contributed by atoms with Crippen LogP contribution in [0.2, 0.25) is 0 Å². The van der Waals surface area contributed by atoms with Crippen molar-refractivity contribution in [1.29, 1.82) is 0 Å². The number of pyridine rings is 1. The zero-order chi connectivity index (χ0) is 22.4. The van der Waals surface area contributed by atoms with Gasteiger partial charge in [-0.3, -0.25) is 4.90 Å². The van der Waals surface area contributed by atoms with E-state index in [4.69, 9.17) is 0 Å². The minimum absolute atomic E-state index is 0.137. The first kappa shape index (κ1) is 24.0. The minimum Gasteiger partial charge on any atom is -0.468 e. The molecular weight excluding hydrogens is 416 g/mol. The Bertz CT molecular complexity index is 684. The summed E-state index contributed by atoms with van der Waals surface area (Å²) in [6, 6.07) is 1.40. The zero-order valence-electron chi connectivity index (χ0n) is 16.7. The van der Waals surface area contributed by atoms with E-state index in [-0.39, 0.29) is 25.5 Å². The molecule has 1 saturated heterocycles. The highest BCUT2D eigenvalue weighted by Crippen LogP contribution is 2.25. The Hall–Kier alpha value is -2.24. The Morgan fingerprint density at radius 2 is 1.83 bits per heavy atom. The Morgan fingerprint density at radius 1 is 1.17 bits per heavy atom. The van der Waals surface area contributed by atoms with E-state index in [1.54, 1.807) is 6.07 Å². The molecule has 2 heterocycles. The molecule has 1 unspecified atom stereocenters. The topological polar surface area (TPSA) is 53.0 Å². The van der Waals surface area contributed by atoms with Gasteiger partial charge in [-0.2, -0.15) is 26.3 Å². The van der Waals surface area contributed by atoms with Crippen LogP contribution in [0.1, 0.15) is 19.4 Å². The van der Waals surface area contributed by atoms with Crippen molar-refractivity contribution in [2.24, 2.45) is 4.99 Å². The maximum atomic E-state index is 12.9. The number of nitrogens with one attached hydrogen (secondary N) is 1. The first-order chi connectivity index (χ1) is 14.0.